The molecule has 1 aliphatic rings. The lowest BCUT2D eigenvalue weighted by Crippen LogP contribution is -2.45. The van der Waals surface area contributed by atoms with Crippen LogP contribution in [0.3, 0.4) is 0 Å². The predicted molar refractivity (Wildman–Crippen MR) is 133 cm³/mol. The van der Waals surface area contributed by atoms with Crippen molar-refractivity contribution in [1.29, 1.82) is 0 Å². The number of nitrogens with zero attached hydrogens (tertiary/aromatic N) is 4. The fraction of sp³-hybridized carbons (Fsp3) is 0.500. The van der Waals surface area contributed by atoms with Crippen molar-refractivity contribution in [3.05, 3.63) is 42.1 Å². The number of aryl methyl sites for hydroxylation is 1. The highest BCUT2D eigenvalue weighted by molar-refractivity contribution is 7.80. The highest BCUT2D eigenvalue weighted by atomic mass is 32.1. The molecule has 1 saturated heterocycles. The van der Waals surface area contributed by atoms with E-state index in [2.05, 4.69) is 66.9 Å². The molecule has 1 aromatic carbocycles. The van der Waals surface area contributed by atoms with Crippen LogP contribution in [0.5, 0.6) is 5.88 Å². The summed E-state index contributed by atoms with van der Waals surface area (Å²) in [4.78, 5) is 11.3. The third-order valence-corrected chi connectivity index (χ3v) is 5.86. The van der Waals surface area contributed by atoms with E-state index in [0.29, 0.717) is 23.5 Å². The number of thiocarbonyl (C=S) groups is 1. The summed E-state index contributed by atoms with van der Waals surface area (Å²) in [5.41, 5.74) is 10.3. The highest BCUT2D eigenvalue weighted by Crippen LogP contribution is 2.29. The van der Waals surface area contributed by atoms with Crippen LogP contribution in [0.4, 0.5) is 5.69 Å². The largest absolute Gasteiger partial charge is 0.476 e. The Kier molecular flexibility index (Phi) is 8.23. The summed E-state index contributed by atoms with van der Waals surface area (Å²) >= 11 is 5.32. The van der Waals surface area contributed by atoms with Gasteiger partial charge in [0.05, 0.1) is 0 Å². The average Bonchev–Trinajstić information content (AvgIpc) is 2.74. The topological polar surface area (TPSA) is 57.9 Å². The third kappa shape index (κ3) is 6.63. The van der Waals surface area contributed by atoms with Crippen molar-refractivity contribution in [2.24, 2.45) is 11.7 Å². The minimum atomic E-state index is 0.399. The molecule has 2 heterocycles. The molecule has 0 atom stereocenters. The van der Waals surface area contributed by atoms with Crippen LogP contribution in [0.15, 0.2) is 36.5 Å². The highest BCUT2D eigenvalue weighted by Gasteiger charge is 2.15. The number of ether oxygens (including phenoxy) is 1. The lowest BCUT2D eigenvalue weighted by Gasteiger charge is -2.32. The molecular formula is C24H35N5OS. The second-order valence-electron chi connectivity index (χ2n) is 8.72. The Morgan fingerprint density at radius 2 is 1.87 bits per heavy atom. The smallest absolute Gasteiger partial charge is 0.213 e. The van der Waals surface area contributed by atoms with E-state index < -0.39 is 0 Å². The average molecular weight is 442 g/mol. The molecule has 0 amide bonds. The zero-order chi connectivity index (χ0) is 22.4. The van der Waals surface area contributed by atoms with Gasteiger partial charge < -0.3 is 20.3 Å². The Bertz CT molecular complexity index is 863. The molecule has 0 radical (unpaired) electrons. The number of benzene rings is 1. The van der Waals surface area contributed by atoms with E-state index in [1.54, 1.807) is 0 Å². The SMILES string of the molecule is Cc1ccc(-c2ccc(OCCN3CCN(C)CC3)nc2)cc1N(CC(C)C)C(N)=S. The summed E-state index contributed by atoms with van der Waals surface area (Å²) in [7, 11) is 2.17. The Hall–Kier alpha value is -2.22. The van der Waals surface area contributed by atoms with Crippen molar-refractivity contribution >= 4 is 23.0 Å². The molecule has 6 nitrogen and oxygen atoms in total. The van der Waals surface area contributed by atoms with Gasteiger partial charge in [-0.15, -0.1) is 0 Å². The molecule has 0 saturated carbocycles. The van der Waals surface area contributed by atoms with Crippen molar-refractivity contribution < 1.29 is 4.74 Å². The minimum Gasteiger partial charge on any atom is -0.476 e. The van der Waals surface area contributed by atoms with Crippen LogP contribution in [0.2, 0.25) is 0 Å². The Labute approximate surface area is 192 Å². The first kappa shape index (κ1) is 23.4. The van der Waals surface area contributed by atoms with Crippen LogP contribution in [-0.2, 0) is 0 Å². The van der Waals surface area contributed by atoms with E-state index in [1.165, 1.54) is 0 Å². The fourth-order valence-corrected chi connectivity index (χ4v) is 3.91. The van der Waals surface area contributed by atoms with E-state index in [9.17, 15) is 0 Å². The maximum Gasteiger partial charge on any atom is 0.213 e. The number of hydrogen-bond donors (Lipinski definition) is 1. The molecule has 0 bridgehead atoms. The van der Waals surface area contributed by atoms with E-state index in [1.807, 2.05) is 17.2 Å². The second kappa shape index (κ2) is 10.9. The standard InChI is InChI=1S/C24H35N5OS/c1-18(2)17-29(24(25)31)22-15-20(6-5-19(22)3)21-7-8-23(26-16-21)30-14-13-28-11-9-27(4)10-12-28/h5-8,15-16,18H,9-14,17H2,1-4H3,(H2,25,31). The van der Waals surface area contributed by atoms with Gasteiger partial charge in [-0.2, -0.15) is 0 Å². The molecule has 1 fully saturated rings. The summed E-state index contributed by atoms with van der Waals surface area (Å²) in [5, 5.41) is 0.399. The van der Waals surface area contributed by atoms with Crippen molar-refractivity contribution in [2.75, 3.05) is 57.8 Å². The molecule has 3 rings (SSSR count). The van der Waals surface area contributed by atoms with Gasteiger partial charge in [0.25, 0.3) is 0 Å². The number of hydrogen-bond acceptors (Lipinski definition) is 5. The third-order valence-electron chi connectivity index (χ3n) is 5.64. The number of piperazine rings is 1. The van der Waals surface area contributed by atoms with Crippen LogP contribution in [0, 0.1) is 12.8 Å². The number of pyridine rings is 1. The van der Waals surface area contributed by atoms with Crippen LogP contribution < -0.4 is 15.4 Å². The van der Waals surface area contributed by atoms with Gasteiger partial charge in [-0.25, -0.2) is 4.98 Å². The van der Waals surface area contributed by atoms with Crippen molar-refractivity contribution in [3.63, 3.8) is 0 Å². The van der Waals surface area contributed by atoms with Crippen molar-refractivity contribution in [3.8, 4) is 17.0 Å². The first-order chi connectivity index (χ1) is 14.8. The van der Waals surface area contributed by atoms with E-state index in [-0.39, 0.29) is 0 Å². The molecule has 1 aliphatic heterocycles. The van der Waals surface area contributed by atoms with E-state index >= 15 is 0 Å². The molecule has 0 aliphatic carbocycles. The van der Waals surface area contributed by atoms with E-state index in [0.717, 1.165) is 61.6 Å². The van der Waals surface area contributed by atoms with Crippen molar-refractivity contribution in [1.82, 2.24) is 14.8 Å². The normalized spacial score (nSPS) is 15.3. The quantitative estimate of drug-likeness (QED) is 0.630. The van der Waals surface area contributed by atoms with Gasteiger partial charge in [-0.3, -0.25) is 4.90 Å². The molecule has 1 aromatic heterocycles. The Balaban J connectivity index is 1.64. The zero-order valence-corrected chi connectivity index (χ0v) is 20.0. The molecular weight excluding hydrogens is 406 g/mol. The molecule has 2 N–H and O–H groups in total. The maximum atomic E-state index is 6.02. The maximum absolute atomic E-state index is 6.02. The summed E-state index contributed by atoms with van der Waals surface area (Å²) < 4.78 is 5.87. The van der Waals surface area contributed by atoms with Crippen LogP contribution >= 0.6 is 12.2 Å². The van der Waals surface area contributed by atoms with Gasteiger partial charge in [0, 0.05) is 62.8 Å². The number of rotatable bonds is 8. The Morgan fingerprint density at radius 1 is 1.16 bits per heavy atom. The number of aromatic nitrogens is 1. The molecule has 168 valence electrons. The first-order valence-electron chi connectivity index (χ1n) is 11.0. The second-order valence-corrected chi connectivity index (χ2v) is 9.14. The van der Waals surface area contributed by atoms with Gasteiger partial charge >= 0.3 is 0 Å². The van der Waals surface area contributed by atoms with Gasteiger partial charge in [-0.05, 0) is 55.4 Å². The van der Waals surface area contributed by atoms with Crippen molar-refractivity contribution in [2.45, 2.75) is 20.8 Å². The zero-order valence-electron chi connectivity index (χ0n) is 19.2. The van der Waals surface area contributed by atoms with Gasteiger partial charge in [0.1, 0.15) is 6.61 Å². The lowest BCUT2D eigenvalue weighted by atomic mass is 10.0. The number of likely N-dealkylation sites (N-methyl/N-ethyl adjacent to an activating group) is 1. The summed E-state index contributed by atoms with van der Waals surface area (Å²) in [6.07, 6.45) is 1.87. The summed E-state index contributed by atoms with van der Waals surface area (Å²) in [6.45, 7) is 13.2. The molecule has 2 aromatic rings. The molecule has 0 spiro atoms. The van der Waals surface area contributed by atoms with Crippen LogP contribution in [0.25, 0.3) is 11.1 Å². The monoisotopic (exact) mass is 441 g/mol. The van der Waals surface area contributed by atoms with Crippen LogP contribution in [0.1, 0.15) is 19.4 Å². The molecule has 7 heteroatoms. The number of nitrogens with two attached hydrogens (primary N) is 1. The minimum absolute atomic E-state index is 0.399. The summed E-state index contributed by atoms with van der Waals surface area (Å²) in [6, 6.07) is 10.4. The molecule has 31 heavy (non-hydrogen) atoms. The van der Waals surface area contributed by atoms with Crippen LogP contribution in [-0.4, -0.2) is 72.8 Å². The summed E-state index contributed by atoms with van der Waals surface area (Å²) in [5.74, 6) is 1.11. The Morgan fingerprint density at radius 3 is 2.48 bits per heavy atom. The fourth-order valence-electron chi connectivity index (χ4n) is 3.74. The van der Waals surface area contributed by atoms with Gasteiger partial charge in [-0.1, -0.05) is 26.0 Å². The van der Waals surface area contributed by atoms with Gasteiger partial charge in [0.2, 0.25) is 5.88 Å². The predicted octanol–water partition coefficient (Wildman–Crippen LogP) is 3.39. The lowest BCUT2D eigenvalue weighted by molar-refractivity contribution is 0.132. The molecule has 0 unspecified atom stereocenters. The van der Waals surface area contributed by atoms with Gasteiger partial charge in [0.15, 0.2) is 5.11 Å². The number of anilines is 1. The van der Waals surface area contributed by atoms with E-state index in [4.69, 9.17) is 22.7 Å². The first-order valence-corrected chi connectivity index (χ1v) is 11.4.